The standard InChI is InChI=1S/C20H23ClFN3O/c1-14-2-5-17(21)10-19(14)25-9-8-16(13-25)12-24-20(26)23-11-15-3-6-18(22)7-4-15/h2-7,10,16H,8-9,11-13H2,1H3,(H2,23,24,26)/t16-/m1/s1. The first-order chi connectivity index (χ1) is 12.5. The molecule has 1 saturated heterocycles. The largest absolute Gasteiger partial charge is 0.371 e. The molecule has 4 nitrogen and oxygen atoms in total. The minimum absolute atomic E-state index is 0.202. The van der Waals surface area contributed by atoms with Gasteiger partial charge in [0.05, 0.1) is 0 Å². The van der Waals surface area contributed by atoms with E-state index in [2.05, 4.69) is 22.5 Å². The number of urea groups is 1. The van der Waals surface area contributed by atoms with Gasteiger partial charge in [0.25, 0.3) is 0 Å². The number of nitrogens with one attached hydrogen (secondary N) is 2. The van der Waals surface area contributed by atoms with Crippen molar-refractivity contribution < 1.29 is 9.18 Å². The van der Waals surface area contributed by atoms with Crippen molar-refractivity contribution in [1.82, 2.24) is 10.6 Å². The van der Waals surface area contributed by atoms with Gasteiger partial charge in [-0.1, -0.05) is 29.8 Å². The molecule has 3 rings (SSSR count). The normalized spacial score (nSPS) is 16.6. The first-order valence-electron chi connectivity index (χ1n) is 8.78. The van der Waals surface area contributed by atoms with E-state index in [9.17, 15) is 9.18 Å². The predicted molar refractivity (Wildman–Crippen MR) is 103 cm³/mol. The average molecular weight is 376 g/mol. The van der Waals surface area contributed by atoms with Crippen LogP contribution in [-0.2, 0) is 6.54 Å². The molecule has 1 heterocycles. The second kappa shape index (κ2) is 8.41. The van der Waals surface area contributed by atoms with Gasteiger partial charge in [-0.3, -0.25) is 0 Å². The Morgan fingerprint density at radius 3 is 2.77 bits per heavy atom. The average Bonchev–Trinajstić information content (AvgIpc) is 3.10. The number of halogens is 2. The van der Waals surface area contributed by atoms with Crippen LogP contribution in [0.5, 0.6) is 0 Å². The number of hydrogen-bond donors (Lipinski definition) is 2. The summed E-state index contributed by atoms with van der Waals surface area (Å²) >= 11 is 6.12. The summed E-state index contributed by atoms with van der Waals surface area (Å²) in [7, 11) is 0. The summed E-state index contributed by atoms with van der Waals surface area (Å²) in [5, 5.41) is 6.47. The number of nitrogens with zero attached hydrogens (tertiary/aromatic N) is 1. The monoisotopic (exact) mass is 375 g/mol. The minimum atomic E-state index is -0.279. The van der Waals surface area contributed by atoms with E-state index in [0.717, 1.165) is 30.1 Å². The fourth-order valence-electron chi connectivity index (χ4n) is 3.23. The highest BCUT2D eigenvalue weighted by Gasteiger charge is 2.24. The molecule has 138 valence electrons. The molecule has 0 aliphatic carbocycles. The van der Waals surface area contributed by atoms with Crippen molar-refractivity contribution >= 4 is 23.3 Å². The highest BCUT2D eigenvalue weighted by atomic mass is 35.5. The fourth-order valence-corrected chi connectivity index (χ4v) is 3.39. The summed E-state index contributed by atoms with van der Waals surface area (Å²) in [5.41, 5.74) is 3.24. The van der Waals surface area contributed by atoms with Crippen molar-refractivity contribution in [3.05, 3.63) is 64.4 Å². The second-order valence-corrected chi connectivity index (χ2v) is 7.16. The van der Waals surface area contributed by atoms with Gasteiger partial charge in [-0.05, 0) is 54.7 Å². The molecule has 2 N–H and O–H groups in total. The second-order valence-electron chi connectivity index (χ2n) is 6.72. The van der Waals surface area contributed by atoms with Crippen LogP contribution in [0.4, 0.5) is 14.9 Å². The summed E-state index contributed by atoms with van der Waals surface area (Å²) in [6.07, 6.45) is 1.03. The molecule has 0 unspecified atom stereocenters. The SMILES string of the molecule is Cc1ccc(Cl)cc1N1CC[C@H](CNC(=O)NCc2ccc(F)cc2)C1. The molecule has 1 aliphatic rings. The van der Waals surface area contributed by atoms with Crippen LogP contribution in [0, 0.1) is 18.7 Å². The minimum Gasteiger partial charge on any atom is -0.371 e. The van der Waals surface area contributed by atoms with E-state index >= 15 is 0 Å². The van der Waals surface area contributed by atoms with Crippen molar-refractivity contribution in [3.63, 3.8) is 0 Å². The van der Waals surface area contributed by atoms with Crippen molar-refractivity contribution in [2.45, 2.75) is 19.9 Å². The number of carbonyl (C=O) groups excluding carboxylic acids is 1. The lowest BCUT2D eigenvalue weighted by atomic mass is 10.1. The third-order valence-electron chi connectivity index (χ3n) is 4.72. The molecule has 26 heavy (non-hydrogen) atoms. The van der Waals surface area contributed by atoms with Crippen LogP contribution in [0.15, 0.2) is 42.5 Å². The van der Waals surface area contributed by atoms with E-state index in [-0.39, 0.29) is 11.8 Å². The third kappa shape index (κ3) is 4.88. The lowest BCUT2D eigenvalue weighted by molar-refractivity contribution is 0.239. The maximum absolute atomic E-state index is 12.9. The smallest absolute Gasteiger partial charge is 0.315 e. The van der Waals surface area contributed by atoms with E-state index in [1.807, 2.05) is 18.2 Å². The predicted octanol–water partition coefficient (Wildman–Crippen LogP) is 4.11. The van der Waals surface area contributed by atoms with Crippen LogP contribution in [0.2, 0.25) is 5.02 Å². The zero-order valence-corrected chi connectivity index (χ0v) is 15.5. The van der Waals surface area contributed by atoms with Gasteiger partial charge >= 0.3 is 6.03 Å². The van der Waals surface area contributed by atoms with Crippen LogP contribution in [0.3, 0.4) is 0 Å². The highest BCUT2D eigenvalue weighted by molar-refractivity contribution is 6.30. The van der Waals surface area contributed by atoms with Crippen molar-refractivity contribution in [2.24, 2.45) is 5.92 Å². The van der Waals surface area contributed by atoms with Gasteiger partial charge in [0, 0.05) is 36.9 Å². The van der Waals surface area contributed by atoms with Gasteiger partial charge < -0.3 is 15.5 Å². The highest BCUT2D eigenvalue weighted by Crippen LogP contribution is 2.29. The van der Waals surface area contributed by atoms with Gasteiger partial charge in [-0.2, -0.15) is 0 Å². The van der Waals surface area contributed by atoms with Crippen LogP contribution in [0.1, 0.15) is 17.5 Å². The molecule has 6 heteroatoms. The summed E-state index contributed by atoms with van der Waals surface area (Å²) in [6.45, 7) is 4.96. The third-order valence-corrected chi connectivity index (χ3v) is 4.95. The van der Waals surface area contributed by atoms with Gasteiger partial charge in [-0.25, -0.2) is 9.18 Å². The number of hydrogen-bond acceptors (Lipinski definition) is 2. The zero-order chi connectivity index (χ0) is 18.5. The van der Waals surface area contributed by atoms with Crippen LogP contribution in [0.25, 0.3) is 0 Å². The van der Waals surface area contributed by atoms with Gasteiger partial charge in [0.15, 0.2) is 0 Å². The number of aryl methyl sites for hydroxylation is 1. The Morgan fingerprint density at radius 2 is 2.00 bits per heavy atom. The molecule has 1 fully saturated rings. The molecule has 2 amide bonds. The molecule has 2 aromatic carbocycles. The molecule has 0 radical (unpaired) electrons. The lowest BCUT2D eigenvalue weighted by Crippen LogP contribution is -2.38. The number of benzene rings is 2. The van der Waals surface area contributed by atoms with E-state index in [4.69, 9.17) is 11.6 Å². The summed E-state index contributed by atoms with van der Waals surface area (Å²) in [5.74, 6) is 0.129. The summed E-state index contributed by atoms with van der Waals surface area (Å²) in [4.78, 5) is 14.3. The first kappa shape index (κ1) is 18.5. The maximum Gasteiger partial charge on any atom is 0.315 e. The van der Waals surface area contributed by atoms with Gasteiger partial charge in [0.2, 0.25) is 0 Å². The van der Waals surface area contributed by atoms with Crippen molar-refractivity contribution in [3.8, 4) is 0 Å². The summed E-state index contributed by atoms with van der Waals surface area (Å²) < 4.78 is 12.9. The van der Waals surface area contributed by atoms with Crippen LogP contribution in [-0.4, -0.2) is 25.7 Å². The Labute approximate surface area is 158 Å². The van der Waals surface area contributed by atoms with E-state index < -0.39 is 0 Å². The van der Waals surface area contributed by atoms with Gasteiger partial charge in [0.1, 0.15) is 5.82 Å². The molecule has 0 aromatic heterocycles. The number of amides is 2. The van der Waals surface area contributed by atoms with Crippen molar-refractivity contribution in [1.29, 1.82) is 0 Å². The Kier molecular flexibility index (Phi) is 5.99. The number of anilines is 1. The Bertz CT molecular complexity index is 766. The Morgan fingerprint density at radius 1 is 1.23 bits per heavy atom. The molecular weight excluding hydrogens is 353 g/mol. The molecule has 0 spiro atoms. The van der Waals surface area contributed by atoms with Crippen LogP contribution >= 0.6 is 11.6 Å². The first-order valence-corrected chi connectivity index (χ1v) is 9.16. The molecule has 0 bridgehead atoms. The van der Waals surface area contributed by atoms with Crippen LogP contribution < -0.4 is 15.5 Å². The lowest BCUT2D eigenvalue weighted by Gasteiger charge is -2.21. The number of carbonyl (C=O) groups is 1. The molecule has 2 aromatic rings. The summed E-state index contributed by atoms with van der Waals surface area (Å²) in [6, 6.07) is 11.8. The Hall–Kier alpha value is -2.27. The molecule has 1 aliphatic heterocycles. The maximum atomic E-state index is 12.9. The fraction of sp³-hybridized carbons (Fsp3) is 0.350. The van der Waals surface area contributed by atoms with Gasteiger partial charge in [-0.15, -0.1) is 0 Å². The zero-order valence-electron chi connectivity index (χ0n) is 14.8. The quantitative estimate of drug-likeness (QED) is 0.825. The van der Waals surface area contributed by atoms with E-state index in [1.54, 1.807) is 12.1 Å². The van der Waals surface area contributed by atoms with E-state index in [1.165, 1.54) is 23.4 Å². The Balaban J connectivity index is 1.43. The van der Waals surface area contributed by atoms with E-state index in [0.29, 0.717) is 19.0 Å². The topological polar surface area (TPSA) is 44.4 Å². The molecule has 1 atom stereocenters. The molecule has 0 saturated carbocycles. The van der Waals surface area contributed by atoms with Crippen molar-refractivity contribution in [2.75, 3.05) is 24.5 Å². The number of rotatable bonds is 5. The molecular formula is C20H23ClFN3O.